The number of benzene rings is 2. The summed E-state index contributed by atoms with van der Waals surface area (Å²) in [4.78, 5) is 11.1. The molecule has 1 aliphatic heterocycles. The molecule has 1 unspecified atom stereocenters. The molecule has 0 spiro atoms. The average molecular weight is 512 g/mol. The molecule has 3 aromatic rings. The number of nitrogens with zero attached hydrogens (tertiary/aromatic N) is 3. The Labute approximate surface area is 202 Å². The molecule has 0 saturated carbocycles. The summed E-state index contributed by atoms with van der Waals surface area (Å²) in [6.07, 6.45) is 2.45. The normalized spacial score (nSPS) is 13.8. The topological polar surface area (TPSA) is 131 Å². The van der Waals surface area contributed by atoms with Crippen molar-refractivity contribution in [2.75, 3.05) is 45.1 Å². The summed E-state index contributed by atoms with van der Waals surface area (Å²) in [6.45, 7) is 1.09. The molecule has 184 valence electrons. The summed E-state index contributed by atoms with van der Waals surface area (Å²) in [7, 11) is -0.560. The maximum absolute atomic E-state index is 9.86. The Morgan fingerprint density at radius 1 is 1.15 bits per heavy atom. The zero-order chi connectivity index (χ0) is 24.9. The quantitative estimate of drug-likeness (QED) is 0.456. The monoisotopic (exact) mass is 511 g/mol. The molecule has 34 heavy (non-hydrogen) atoms. The van der Waals surface area contributed by atoms with Gasteiger partial charge in [-0.25, -0.2) is 9.97 Å². The largest absolute Gasteiger partial charge is 0.493 e. The highest BCUT2D eigenvalue weighted by molar-refractivity contribution is 7.85. The summed E-state index contributed by atoms with van der Waals surface area (Å²) in [5, 5.41) is 11.4. The van der Waals surface area contributed by atoms with Crippen LogP contribution in [0.5, 0.6) is 11.5 Å². The minimum atomic E-state index is -3.67. The van der Waals surface area contributed by atoms with Crippen LogP contribution in [-0.4, -0.2) is 74.4 Å². The van der Waals surface area contributed by atoms with E-state index in [1.165, 1.54) is 19.0 Å². The molecular weight excluding hydrogens is 486 g/mol. The molecular formula is C22H26ClN3O7S. The lowest BCUT2D eigenvalue weighted by molar-refractivity contribution is 0.0319. The van der Waals surface area contributed by atoms with Crippen LogP contribution in [0.2, 0.25) is 5.02 Å². The molecule has 0 saturated heterocycles. The van der Waals surface area contributed by atoms with E-state index in [2.05, 4.69) is 20.9 Å². The van der Waals surface area contributed by atoms with E-state index in [1.54, 1.807) is 13.2 Å². The number of rotatable bonds is 7. The number of aliphatic hydroxyl groups is 1. The van der Waals surface area contributed by atoms with Crippen LogP contribution in [0.3, 0.4) is 0 Å². The van der Waals surface area contributed by atoms with Crippen molar-refractivity contribution in [3.63, 3.8) is 0 Å². The second kappa shape index (κ2) is 11.2. The molecule has 2 N–H and O–H groups in total. The molecule has 12 heteroatoms. The molecule has 0 fully saturated rings. The Morgan fingerprint density at radius 2 is 1.88 bits per heavy atom. The molecule has 1 atom stereocenters. The van der Waals surface area contributed by atoms with Gasteiger partial charge in [0, 0.05) is 35.8 Å². The van der Waals surface area contributed by atoms with Gasteiger partial charge in [0.1, 0.15) is 24.9 Å². The first-order valence-corrected chi connectivity index (χ1v) is 12.4. The number of hydrogen-bond acceptors (Lipinski definition) is 9. The number of aromatic nitrogens is 2. The predicted octanol–water partition coefficient (Wildman–Crippen LogP) is 2.88. The van der Waals surface area contributed by atoms with Gasteiger partial charge in [0.25, 0.3) is 10.1 Å². The van der Waals surface area contributed by atoms with Crippen LogP contribution in [0.4, 0.5) is 11.5 Å². The van der Waals surface area contributed by atoms with Crippen molar-refractivity contribution < 1.29 is 32.3 Å². The molecule has 0 bridgehead atoms. The van der Waals surface area contributed by atoms with Crippen molar-refractivity contribution in [3.8, 4) is 11.5 Å². The summed E-state index contributed by atoms with van der Waals surface area (Å²) >= 11 is 6.22. The van der Waals surface area contributed by atoms with E-state index in [9.17, 15) is 13.5 Å². The lowest BCUT2D eigenvalue weighted by Crippen LogP contribution is -2.22. The highest BCUT2D eigenvalue weighted by Crippen LogP contribution is 2.40. The smallest absolute Gasteiger partial charge is 0.261 e. The number of ether oxygens (including phenoxy) is 3. The third-order valence-corrected chi connectivity index (χ3v) is 5.12. The van der Waals surface area contributed by atoms with Gasteiger partial charge in [0.15, 0.2) is 11.5 Å². The predicted molar refractivity (Wildman–Crippen MR) is 129 cm³/mol. The lowest BCUT2D eigenvalue weighted by Gasteiger charge is -2.21. The molecule has 2 heterocycles. The zero-order valence-electron chi connectivity index (χ0n) is 18.9. The first kappa shape index (κ1) is 25.9. The Kier molecular flexibility index (Phi) is 8.50. The summed E-state index contributed by atoms with van der Waals surface area (Å²) in [5.74, 6) is 1.84. The van der Waals surface area contributed by atoms with Crippen LogP contribution < -0.4 is 14.4 Å². The van der Waals surface area contributed by atoms with E-state index in [1.807, 2.05) is 18.2 Å². The van der Waals surface area contributed by atoms with Gasteiger partial charge >= 0.3 is 0 Å². The van der Waals surface area contributed by atoms with Gasteiger partial charge in [-0.1, -0.05) is 17.7 Å². The fourth-order valence-electron chi connectivity index (χ4n) is 3.54. The third kappa shape index (κ3) is 6.67. The van der Waals surface area contributed by atoms with Gasteiger partial charge in [0.2, 0.25) is 0 Å². The number of methoxy groups -OCH3 is 2. The zero-order valence-corrected chi connectivity index (χ0v) is 20.5. The van der Waals surface area contributed by atoms with E-state index in [0.717, 1.165) is 35.4 Å². The number of fused-ring (bicyclic) bond motifs is 2. The maximum atomic E-state index is 9.86. The second-order valence-corrected chi connectivity index (χ2v) is 9.45. The van der Waals surface area contributed by atoms with Gasteiger partial charge < -0.3 is 24.2 Å². The van der Waals surface area contributed by atoms with Crippen LogP contribution in [0.15, 0.2) is 36.7 Å². The molecule has 10 nitrogen and oxygen atoms in total. The van der Waals surface area contributed by atoms with Crippen LogP contribution in [0.25, 0.3) is 10.9 Å². The van der Waals surface area contributed by atoms with Gasteiger partial charge in [-0.15, -0.1) is 0 Å². The van der Waals surface area contributed by atoms with E-state index >= 15 is 0 Å². The maximum Gasteiger partial charge on any atom is 0.261 e. The van der Waals surface area contributed by atoms with Crippen molar-refractivity contribution >= 4 is 44.1 Å². The number of anilines is 2. The highest BCUT2D eigenvalue weighted by atomic mass is 35.5. The van der Waals surface area contributed by atoms with Crippen LogP contribution in [-0.2, 0) is 21.3 Å². The summed E-state index contributed by atoms with van der Waals surface area (Å²) < 4.78 is 42.1. The standard InChI is InChI=1S/C21H22ClN3O4.CH4O3S/c1-27-10-15(26)11-29-20-9-17-16(8-19(20)28-2)21(24-12-23-17)25-6-5-13-3-4-14(22)7-18(13)25;1-5(2,3)4/h3-4,7-9,12,15,26H,5-6,10-11H2,1-2H3;1H3,(H,2,3,4). The molecule has 2 aromatic carbocycles. The first-order valence-electron chi connectivity index (χ1n) is 10.2. The van der Waals surface area contributed by atoms with Crippen LogP contribution in [0, 0.1) is 0 Å². The molecule has 1 aromatic heterocycles. The van der Waals surface area contributed by atoms with Crippen molar-refractivity contribution in [2.24, 2.45) is 0 Å². The average Bonchev–Trinajstić information content (AvgIpc) is 3.18. The lowest BCUT2D eigenvalue weighted by atomic mass is 10.1. The van der Waals surface area contributed by atoms with Crippen LogP contribution in [0.1, 0.15) is 5.56 Å². The Balaban J connectivity index is 0.000000588. The molecule has 0 amide bonds. The molecule has 4 rings (SSSR count). The number of halogens is 1. The third-order valence-electron chi connectivity index (χ3n) is 4.89. The van der Waals surface area contributed by atoms with Crippen molar-refractivity contribution in [1.82, 2.24) is 9.97 Å². The minimum absolute atomic E-state index is 0.0889. The minimum Gasteiger partial charge on any atom is -0.493 e. The fourth-order valence-corrected chi connectivity index (χ4v) is 3.70. The van der Waals surface area contributed by atoms with Gasteiger partial charge in [0.05, 0.1) is 25.5 Å². The Bertz CT molecular complexity index is 1250. The highest BCUT2D eigenvalue weighted by Gasteiger charge is 2.24. The summed E-state index contributed by atoms with van der Waals surface area (Å²) in [5.41, 5.74) is 3.02. The van der Waals surface area contributed by atoms with Crippen molar-refractivity contribution in [1.29, 1.82) is 0 Å². The van der Waals surface area contributed by atoms with E-state index in [0.29, 0.717) is 22.8 Å². The van der Waals surface area contributed by atoms with Crippen molar-refractivity contribution in [2.45, 2.75) is 12.5 Å². The van der Waals surface area contributed by atoms with Crippen LogP contribution >= 0.6 is 11.6 Å². The van der Waals surface area contributed by atoms with E-state index in [-0.39, 0.29) is 13.2 Å². The fraction of sp³-hybridized carbons (Fsp3) is 0.364. The van der Waals surface area contributed by atoms with Crippen molar-refractivity contribution in [3.05, 3.63) is 47.2 Å². The Morgan fingerprint density at radius 3 is 2.56 bits per heavy atom. The second-order valence-electron chi connectivity index (χ2n) is 7.55. The molecule has 0 radical (unpaired) electrons. The SMILES string of the molecule is COCC(O)COc1cc2ncnc(N3CCc4ccc(Cl)cc43)c2cc1OC.CS(=O)(=O)O. The molecule has 0 aliphatic carbocycles. The van der Waals surface area contributed by atoms with E-state index in [4.69, 9.17) is 30.4 Å². The molecule has 1 aliphatic rings. The first-order chi connectivity index (χ1) is 16.1. The van der Waals surface area contributed by atoms with Gasteiger partial charge in [-0.05, 0) is 30.2 Å². The number of hydrogen-bond donors (Lipinski definition) is 2. The summed E-state index contributed by atoms with van der Waals surface area (Å²) in [6, 6.07) is 9.59. The van der Waals surface area contributed by atoms with E-state index < -0.39 is 16.2 Å². The Hall–Kier alpha value is -2.70. The van der Waals surface area contributed by atoms with Gasteiger partial charge in [-0.2, -0.15) is 8.42 Å². The van der Waals surface area contributed by atoms with Gasteiger partial charge in [-0.3, -0.25) is 4.55 Å². The number of aliphatic hydroxyl groups excluding tert-OH is 1.